The van der Waals surface area contributed by atoms with Crippen molar-refractivity contribution >= 4 is 22.9 Å². The number of aromatic hydroxyl groups is 2. The highest BCUT2D eigenvalue weighted by atomic mass is 16.7. The Morgan fingerprint density at radius 2 is 1.71 bits per heavy atom. The van der Waals surface area contributed by atoms with Crippen molar-refractivity contribution in [2.24, 2.45) is 0 Å². The van der Waals surface area contributed by atoms with Crippen molar-refractivity contribution < 1.29 is 47.9 Å². The molecule has 0 unspecified atom stereocenters. The fraction of sp³-hybridized carbons (Fsp3) is 0.367. The minimum atomic E-state index is -0.673. The van der Waals surface area contributed by atoms with Crippen LogP contribution in [0.2, 0.25) is 0 Å². The van der Waals surface area contributed by atoms with Crippen LogP contribution in [0, 0.1) is 0 Å². The Labute approximate surface area is 235 Å². The Balaban J connectivity index is 1.23. The predicted molar refractivity (Wildman–Crippen MR) is 147 cm³/mol. The monoisotopic (exact) mass is 568 g/mol. The molecule has 0 radical (unpaired) electrons. The maximum Gasteiger partial charge on any atom is 0.303 e. The minimum absolute atomic E-state index is 0.0494. The summed E-state index contributed by atoms with van der Waals surface area (Å²) in [7, 11) is 0. The zero-order chi connectivity index (χ0) is 29.4. The number of hydrogen-bond donors (Lipinski definition) is 2. The highest BCUT2D eigenvalue weighted by Crippen LogP contribution is 2.31. The third kappa shape index (κ3) is 8.09. The summed E-state index contributed by atoms with van der Waals surface area (Å²) in [5, 5.41) is 20.0. The molecule has 11 heteroatoms. The number of phenolic OH excluding ortho intramolecular Hbond substituents is 2. The first-order chi connectivity index (χ1) is 19.7. The lowest BCUT2D eigenvalue weighted by atomic mass is 10.0. The highest BCUT2D eigenvalue weighted by Gasteiger charge is 2.31. The second-order valence-corrected chi connectivity index (χ2v) is 9.43. The summed E-state index contributed by atoms with van der Waals surface area (Å²) in [6.07, 6.45) is 4.83. The minimum Gasteiger partial charge on any atom is -0.508 e. The van der Waals surface area contributed by atoms with Gasteiger partial charge in [0.25, 0.3) is 0 Å². The van der Waals surface area contributed by atoms with E-state index in [0.29, 0.717) is 30.9 Å². The molecular weight excluding hydrogens is 536 g/mol. The van der Waals surface area contributed by atoms with Crippen molar-refractivity contribution in [2.45, 2.75) is 51.6 Å². The van der Waals surface area contributed by atoms with Crippen molar-refractivity contribution in [3.63, 3.8) is 0 Å². The molecule has 218 valence electrons. The van der Waals surface area contributed by atoms with Gasteiger partial charge in [0.05, 0.1) is 18.8 Å². The van der Waals surface area contributed by atoms with E-state index in [1.807, 2.05) is 0 Å². The zero-order valence-corrected chi connectivity index (χ0v) is 22.7. The SMILES string of the molecule is CC(=O)OC[C@H]1O[C@H](OCCCCCOc2cc(O)c3c(=O)c(-c4ccc(O)cc4)coc3c2)C=C[C@@H]1OC(C)=O. The third-order valence-corrected chi connectivity index (χ3v) is 6.23. The van der Waals surface area contributed by atoms with Gasteiger partial charge in [0.2, 0.25) is 5.43 Å². The molecule has 4 rings (SSSR count). The number of ether oxygens (including phenoxy) is 5. The molecule has 0 bridgehead atoms. The fourth-order valence-corrected chi connectivity index (χ4v) is 4.26. The fourth-order valence-electron chi connectivity index (χ4n) is 4.26. The van der Waals surface area contributed by atoms with E-state index in [2.05, 4.69) is 0 Å². The molecule has 0 saturated heterocycles. The van der Waals surface area contributed by atoms with E-state index in [-0.39, 0.29) is 34.6 Å². The Morgan fingerprint density at radius 3 is 2.44 bits per heavy atom. The first kappa shape index (κ1) is 29.6. The molecule has 1 aliphatic rings. The van der Waals surface area contributed by atoms with Gasteiger partial charge >= 0.3 is 11.9 Å². The highest BCUT2D eigenvalue weighted by molar-refractivity contribution is 5.88. The van der Waals surface area contributed by atoms with Crippen LogP contribution >= 0.6 is 0 Å². The van der Waals surface area contributed by atoms with Crippen LogP contribution in [-0.2, 0) is 28.5 Å². The van der Waals surface area contributed by atoms with Crippen LogP contribution in [-0.4, -0.2) is 60.5 Å². The molecule has 0 amide bonds. The van der Waals surface area contributed by atoms with Crippen molar-refractivity contribution in [3.8, 4) is 28.4 Å². The second kappa shape index (κ2) is 13.8. The molecule has 2 heterocycles. The Bertz CT molecular complexity index is 1440. The van der Waals surface area contributed by atoms with E-state index in [1.54, 1.807) is 30.4 Å². The van der Waals surface area contributed by atoms with Gasteiger partial charge in [-0.05, 0) is 49.1 Å². The van der Waals surface area contributed by atoms with Gasteiger partial charge in [-0.3, -0.25) is 14.4 Å². The van der Waals surface area contributed by atoms with E-state index in [4.69, 9.17) is 28.1 Å². The molecule has 1 aliphatic heterocycles. The van der Waals surface area contributed by atoms with E-state index < -0.39 is 35.9 Å². The van der Waals surface area contributed by atoms with Gasteiger partial charge in [-0.1, -0.05) is 12.1 Å². The van der Waals surface area contributed by atoms with Gasteiger partial charge in [-0.2, -0.15) is 0 Å². The summed E-state index contributed by atoms with van der Waals surface area (Å²) in [6, 6.07) is 9.06. The van der Waals surface area contributed by atoms with Crippen LogP contribution < -0.4 is 10.2 Å². The van der Waals surface area contributed by atoms with Crippen LogP contribution in [0.15, 0.2) is 64.0 Å². The Kier molecular flexibility index (Phi) is 9.99. The molecule has 1 aromatic heterocycles. The average Bonchev–Trinajstić information content (AvgIpc) is 2.92. The standard InChI is InChI=1S/C30H32O11/c1-18(31)38-17-27-25(40-19(2)32)10-11-28(41-27)37-13-5-3-4-12-36-22-14-24(34)29-26(15-22)39-16-23(30(29)35)20-6-8-21(33)9-7-20/h6-11,14-16,25,27-28,33-34H,3-5,12-13,17H2,1-2H3/t25-,27+,28-/m0/s1. The van der Waals surface area contributed by atoms with E-state index in [1.165, 1.54) is 38.3 Å². The molecule has 2 N–H and O–H groups in total. The van der Waals surface area contributed by atoms with Crippen molar-refractivity contribution in [1.29, 1.82) is 0 Å². The van der Waals surface area contributed by atoms with Gasteiger partial charge in [0, 0.05) is 26.0 Å². The second-order valence-electron chi connectivity index (χ2n) is 9.43. The first-order valence-corrected chi connectivity index (χ1v) is 13.2. The van der Waals surface area contributed by atoms with Gasteiger partial charge in [-0.15, -0.1) is 0 Å². The van der Waals surface area contributed by atoms with Gasteiger partial charge in [0.15, 0.2) is 6.29 Å². The Hall–Kier alpha value is -4.35. The molecule has 0 fully saturated rings. The topological polar surface area (TPSA) is 151 Å². The number of esters is 2. The van der Waals surface area contributed by atoms with Crippen LogP contribution in [0.3, 0.4) is 0 Å². The number of rotatable bonds is 12. The van der Waals surface area contributed by atoms with Crippen LogP contribution in [0.25, 0.3) is 22.1 Å². The number of benzene rings is 2. The third-order valence-electron chi connectivity index (χ3n) is 6.23. The van der Waals surface area contributed by atoms with Crippen LogP contribution in [0.1, 0.15) is 33.1 Å². The lowest BCUT2D eigenvalue weighted by Crippen LogP contribution is -2.42. The molecule has 0 aliphatic carbocycles. The molecule has 2 aromatic carbocycles. The molecule has 41 heavy (non-hydrogen) atoms. The summed E-state index contributed by atoms with van der Waals surface area (Å²) in [5.41, 5.74) is 0.630. The number of fused-ring (bicyclic) bond motifs is 1. The largest absolute Gasteiger partial charge is 0.508 e. The predicted octanol–water partition coefficient (Wildman–Crippen LogP) is 4.21. The summed E-state index contributed by atoms with van der Waals surface area (Å²) < 4.78 is 33.1. The van der Waals surface area contributed by atoms with E-state index >= 15 is 0 Å². The molecular formula is C30H32O11. The van der Waals surface area contributed by atoms with Gasteiger partial charge in [-0.25, -0.2) is 0 Å². The van der Waals surface area contributed by atoms with Gasteiger partial charge in [0.1, 0.15) is 53.3 Å². The van der Waals surface area contributed by atoms with Crippen LogP contribution in [0.5, 0.6) is 17.2 Å². The molecule has 0 saturated carbocycles. The Morgan fingerprint density at radius 1 is 0.951 bits per heavy atom. The summed E-state index contributed by atoms with van der Waals surface area (Å²) in [5.74, 6) is -0.737. The lowest BCUT2D eigenvalue weighted by Gasteiger charge is -2.31. The zero-order valence-electron chi connectivity index (χ0n) is 22.7. The molecule has 3 aromatic rings. The molecule has 3 atom stereocenters. The van der Waals surface area contributed by atoms with Crippen molar-refractivity contribution in [2.75, 3.05) is 19.8 Å². The maximum absolute atomic E-state index is 13.0. The van der Waals surface area contributed by atoms with Crippen molar-refractivity contribution in [3.05, 3.63) is 65.0 Å². The van der Waals surface area contributed by atoms with E-state index in [0.717, 1.165) is 12.8 Å². The normalized spacial score (nSPS) is 18.2. The van der Waals surface area contributed by atoms with Crippen molar-refractivity contribution in [1.82, 2.24) is 0 Å². The van der Waals surface area contributed by atoms with Crippen LogP contribution in [0.4, 0.5) is 0 Å². The van der Waals surface area contributed by atoms with Gasteiger partial charge < -0.3 is 38.3 Å². The van der Waals surface area contributed by atoms with E-state index in [9.17, 15) is 24.6 Å². The average molecular weight is 569 g/mol. The number of carbonyl (C=O) groups excluding carboxylic acids is 2. The number of phenols is 2. The first-order valence-electron chi connectivity index (χ1n) is 13.2. The maximum atomic E-state index is 13.0. The summed E-state index contributed by atoms with van der Waals surface area (Å²) >= 11 is 0. The molecule has 11 nitrogen and oxygen atoms in total. The number of hydrogen-bond acceptors (Lipinski definition) is 11. The quantitative estimate of drug-likeness (QED) is 0.184. The lowest BCUT2D eigenvalue weighted by molar-refractivity contribution is -0.197. The number of unbranched alkanes of at least 4 members (excludes halogenated alkanes) is 2. The summed E-state index contributed by atoms with van der Waals surface area (Å²) in [4.78, 5) is 35.5. The number of carbonyl (C=O) groups is 2. The molecule has 0 spiro atoms. The summed E-state index contributed by atoms with van der Waals surface area (Å²) in [6.45, 7) is 3.28. The smallest absolute Gasteiger partial charge is 0.303 e.